The van der Waals surface area contributed by atoms with Gasteiger partial charge in [0.05, 0.1) is 24.0 Å². The molecule has 3 rings (SSSR count). The summed E-state index contributed by atoms with van der Waals surface area (Å²) in [5.41, 5.74) is -0.678. The Morgan fingerprint density at radius 2 is 1.77 bits per heavy atom. The van der Waals surface area contributed by atoms with E-state index in [2.05, 4.69) is 5.32 Å². The summed E-state index contributed by atoms with van der Waals surface area (Å²) < 4.78 is 77.1. The summed E-state index contributed by atoms with van der Waals surface area (Å²) in [5.74, 6) is -1.00. The summed E-state index contributed by atoms with van der Waals surface area (Å²) in [6.45, 7) is 1.29. The maximum absolute atomic E-state index is 13.2. The molecule has 0 aromatic heterocycles. The minimum atomic E-state index is -4.69. The third-order valence-corrected chi connectivity index (χ3v) is 5.85. The number of hydrogen-bond donors (Lipinski definition) is 2. The van der Waals surface area contributed by atoms with Crippen LogP contribution in [0.15, 0.2) is 41.3 Å². The number of ether oxygens (including phenoxy) is 1. The fraction of sp³-hybridized carbons (Fsp3) is 0.350. The van der Waals surface area contributed by atoms with Crippen molar-refractivity contribution < 1.29 is 35.7 Å². The number of benzene rings is 2. The minimum Gasteiger partial charge on any atom is -0.495 e. The van der Waals surface area contributed by atoms with Gasteiger partial charge in [-0.25, -0.2) is 0 Å². The van der Waals surface area contributed by atoms with Gasteiger partial charge >= 0.3 is 6.18 Å². The predicted molar refractivity (Wildman–Crippen MR) is 108 cm³/mol. The van der Waals surface area contributed by atoms with Crippen molar-refractivity contribution in [3.63, 3.8) is 0 Å². The molecule has 0 saturated carbocycles. The van der Waals surface area contributed by atoms with Gasteiger partial charge in [0.25, 0.3) is 16.0 Å². The molecule has 0 bridgehead atoms. The van der Waals surface area contributed by atoms with Crippen LogP contribution < -0.4 is 15.0 Å². The highest BCUT2D eigenvalue weighted by Gasteiger charge is 2.32. The number of nitrogens with zero attached hydrogens (tertiary/aromatic N) is 1. The number of piperidine rings is 1. The van der Waals surface area contributed by atoms with Gasteiger partial charge in [-0.2, -0.15) is 21.6 Å². The Morgan fingerprint density at radius 1 is 1.10 bits per heavy atom. The van der Waals surface area contributed by atoms with Gasteiger partial charge in [-0.15, -0.1) is 0 Å². The van der Waals surface area contributed by atoms with E-state index in [-0.39, 0.29) is 17.0 Å². The molecule has 11 heteroatoms. The van der Waals surface area contributed by atoms with Crippen LogP contribution in [0, 0.1) is 0 Å². The first kappa shape index (κ1) is 22.9. The molecule has 0 atom stereocenters. The Morgan fingerprint density at radius 3 is 2.35 bits per heavy atom. The summed E-state index contributed by atoms with van der Waals surface area (Å²) in [4.78, 5) is 14.0. The van der Waals surface area contributed by atoms with Crippen molar-refractivity contribution in [3.8, 4) is 5.75 Å². The number of anilines is 2. The van der Waals surface area contributed by atoms with E-state index in [0.717, 1.165) is 37.5 Å². The average molecular weight is 458 g/mol. The minimum absolute atomic E-state index is 0.0362. The highest BCUT2D eigenvalue weighted by Crippen LogP contribution is 2.36. The number of rotatable bonds is 5. The molecule has 1 heterocycles. The molecule has 0 spiro atoms. The van der Waals surface area contributed by atoms with E-state index in [1.165, 1.54) is 25.3 Å². The molecule has 31 heavy (non-hydrogen) atoms. The van der Waals surface area contributed by atoms with Crippen LogP contribution in [0.1, 0.15) is 35.2 Å². The van der Waals surface area contributed by atoms with Crippen LogP contribution in [-0.2, 0) is 16.3 Å². The maximum Gasteiger partial charge on any atom is 0.416 e. The Labute approximate surface area is 177 Å². The predicted octanol–water partition coefficient (Wildman–Crippen LogP) is 4.20. The van der Waals surface area contributed by atoms with Crippen LogP contribution >= 0.6 is 0 Å². The number of carbonyl (C=O) groups is 1. The molecule has 1 amide bonds. The smallest absolute Gasteiger partial charge is 0.416 e. The molecule has 2 aromatic rings. The van der Waals surface area contributed by atoms with E-state index >= 15 is 0 Å². The number of halogens is 3. The summed E-state index contributed by atoms with van der Waals surface area (Å²) in [5, 5.41) is 2.45. The van der Waals surface area contributed by atoms with E-state index in [1.807, 2.05) is 4.90 Å². The normalized spacial score (nSPS) is 14.9. The van der Waals surface area contributed by atoms with Gasteiger partial charge in [-0.3, -0.25) is 9.35 Å². The van der Waals surface area contributed by atoms with E-state index in [1.54, 1.807) is 0 Å². The molecule has 1 aliphatic heterocycles. The lowest BCUT2D eigenvalue weighted by Crippen LogP contribution is -2.30. The average Bonchev–Trinajstić information content (AvgIpc) is 2.72. The molecule has 1 aliphatic rings. The molecular weight excluding hydrogens is 437 g/mol. The highest BCUT2D eigenvalue weighted by atomic mass is 32.2. The third-order valence-electron chi connectivity index (χ3n) is 4.97. The quantitative estimate of drug-likeness (QED) is 0.652. The van der Waals surface area contributed by atoms with Crippen LogP contribution in [-0.4, -0.2) is 39.1 Å². The van der Waals surface area contributed by atoms with Crippen LogP contribution in [0.2, 0.25) is 0 Å². The lowest BCUT2D eigenvalue weighted by molar-refractivity contribution is -0.137. The second kappa shape index (κ2) is 8.75. The van der Waals surface area contributed by atoms with Gasteiger partial charge in [0, 0.05) is 18.7 Å². The Balaban J connectivity index is 1.99. The van der Waals surface area contributed by atoms with Gasteiger partial charge in [0.1, 0.15) is 10.6 Å². The zero-order valence-electron chi connectivity index (χ0n) is 16.6. The van der Waals surface area contributed by atoms with Crippen molar-refractivity contribution in [3.05, 3.63) is 47.5 Å². The maximum atomic E-state index is 13.2. The Bertz CT molecular complexity index is 1080. The number of amides is 1. The summed E-state index contributed by atoms with van der Waals surface area (Å²) in [6.07, 6.45) is -1.82. The lowest BCUT2D eigenvalue weighted by atomic mass is 10.1. The molecule has 7 nitrogen and oxygen atoms in total. The van der Waals surface area contributed by atoms with Crippen molar-refractivity contribution in [1.82, 2.24) is 0 Å². The molecule has 168 valence electrons. The fourth-order valence-corrected chi connectivity index (χ4v) is 4.12. The van der Waals surface area contributed by atoms with Crippen molar-refractivity contribution >= 4 is 27.4 Å². The Kier molecular flexibility index (Phi) is 6.46. The van der Waals surface area contributed by atoms with Gasteiger partial charge in [-0.1, -0.05) is 0 Å². The molecule has 0 unspecified atom stereocenters. The number of carbonyl (C=O) groups excluding carboxylic acids is 1. The monoisotopic (exact) mass is 458 g/mol. The van der Waals surface area contributed by atoms with Gasteiger partial charge < -0.3 is 15.0 Å². The molecule has 0 aliphatic carbocycles. The fourth-order valence-electron chi connectivity index (χ4n) is 3.44. The summed E-state index contributed by atoms with van der Waals surface area (Å²) in [7, 11) is -3.50. The van der Waals surface area contributed by atoms with Crippen molar-refractivity contribution in [2.75, 3.05) is 30.4 Å². The topological polar surface area (TPSA) is 95.9 Å². The highest BCUT2D eigenvalue weighted by molar-refractivity contribution is 7.86. The first-order valence-electron chi connectivity index (χ1n) is 9.44. The van der Waals surface area contributed by atoms with Gasteiger partial charge in [-0.05, 0) is 55.7 Å². The number of methoxy groups -OCH3 is 1. The van der Waals surface area contributed by atoms with Gasteiger partial charge in [0.15, 0.2) is 0 Å². The van der Waals surface area contributed by atoms with Crippen molar-refractivity contribution in [2.45, 2.75) is 30.3 Å². The standard InChI is InChI=1S/C20H21F3N2O5S/c1-30-17-8-5-13(11-18(17)31(27,28)29)19(26)24-15-12-14(20(21,22)23)6-7-16(15)25-9-3-2-4-10-25/h5-8,11-12H,2-4,9-10H2,1H3,(H,24,26)(H,27,28,29). The van der Waals surface area contributed by atoms with Crippen LogP contribution in [0.4, 0.5) is 24.5 Å². The zero-order chi connectivity index (χ0) is 22.8. The largest absolute Gasteiger partial charge is 0.495 e. The van der Waals surface area contributed by atoms with E-state index in [4.69, 9.17) is 4.74 Å². The van der Waals surface area contributed by atoms with Crippen LogP contribution in [0.25, 0.3) is 0 Å². The second-order valence-electron chi connectivity index (χ2n) is 7.07. The molecule has 2 aromatic carbocycles. The number of nitrogens with one attached hydrogen (secondary N) is 1. The number of hydrogen-bond acceptors (Lipinski definition) is 5. The van der Waals surface area contributed by atoms with Crippen LogP contribution in [0.3, 0.4) is 0 Å². The number of alkyl halides is 3. The summed E-state index contributed by atoms with van der Waals surface area (Å²) in [6, 6.07) is 6.46. The van der Waals surface area contributed by atoms with Crippen LogP contribution in [0.5, 0.6) is 5.75 Å². The Hall–Kier alpha value is -2.79. The zero-order valence-corrected chi connectivity index (χ0v) is 17.4. The van der Waals surface area contributed by atoms with E-state index in [0.29, 0.717) is 18.8 Å². The molecule has 1 saturated heterocycles. The first-order valence-corrected chi connectivity index (χ1v) is 10.9. The lowest BCUT2D eigenvalue weighted by Gasteiger charge is -2.31. The van der Waals surface area contributed by atoms with E-state index < -0.39 is 32.7 Å². The molecule has 0 radical (unpaired) electrons. The molecular formula is C20H21F3N2O5S. The molecule has 1 fully saturated rings. The van der Waals surface area contributed by atoms with Crippen molar-refractivity contribution in [1.29, 1.82) is 0 Å². The molecule has 2 N–H and O–H groups in total. The third kappa shape index (κ3) is 5.28. The SMILES string of the molecule is COc1ccc(C(=O)Nc2cc(C(F)(F)F)ccc2N2CCCCC2)cc1S(=O)(=O)O. The second-order valence-corrected chi connectivity index (χ2v) is 8.46. The first-order chi connectivity index (χ1) is 14.5. The van der Waals surface area contributed by atoms with Gasteiger partial charge in [0.2, 0.25) is 0 Å². The van der Waals surface area contributed by atoms with Crippen molar-refractivity contribution in [2.24, 2.45) is 0 Å². The van der Waals surface area contributed by atoms with E-state index in [9.17, 15) is 30.9 Å². The summed E-state index contributed by atoms with van der Waals surface area (Å²) >= 11 is 0.